The Morgan fingerprint density at radius 2 is 1.50 bits per heavy atom. The third-order valence-electron chi connectivity index (χ3n) is 6.37. The standard InChI is InChI=1S/C21H28N2O3/c24-19(14-26-18-4-2-1-3-5-18)22-6-7-23-20(25)21-11-15-8-16(12-21)10-17(9-15)13-21/h1-5,15-17H,6-14H2,(H,22,24)(H,23,25). The van der Waals surface area contributed by atoms with Crippen molar-refractivity contribution in [2.75, 3.05) is 19.7 Å². The third-order valence-corrected chi connectivity index (χ3v) is 6.37. The van der Waals surface area contributed by atoms with E-state index in [0.717, 1.165) is 37.0 Å². The molecule has 0 aliphatic heterocycles. The number of rotatable bonds is 7. The van der Waals surface area contributed by atoms with E-state index in [1.807, 2.05) is 30.3 Å². The van der Waals surface area contributed by atoms with Crippen molar-refractivity contribution in [3.63, 3.8) is 0 Å². The Balaban J connectivity index is 1.17. The summed E-state index contributed by atoms with van der Waals surface area (Å²) < 4.78 is 5.41. The van der Waals surface area contributed by atoms with Crippen LogP contribution in [0.1, 0.15) is 38.5 Å². The molecular weight excluding hydrogens is 328 g/mol. The molecular formula is C21H28N2O3. The van der Waals surface area contributed by atoms with E-state index in [2.05, 4.69) is 10.6 Å². The molecule has 1 aromatic rings. The molecule has 5 rings (SSSR count). The van der Waals surface area contributed by atoms with Crippen molar-refractivity contribution >= 4 is 11.8 Å². The smallest absolute Gasteiger partial charge is 0.258 e. The van der Waals surface area contributed by atoms with Crippen LogP contribution in [0.15, 0.2) is 30.3 Å². The first kappa shape index (κ1) is 17.4. The number of ether oxygens (including phenoxy) is 1. The maximum atomic E-state index is 12.8. The minimum Gasteiger partial charge on any atom is -0.484 e. The minimum atomic E-state index is -0.169. The lowest BCUT2D eigenvalue weighted by molar-refractivity contribution is -0.146. The molecule has 4 saturated carbocycles. The van der Waals surface area contributed by atoms with E-state index >= 15 is 0 Å². The van der Waals surface area contributed by atoms with Crippen LogP contribution in [-0.4, -0.2) is 31.5 Å². The number of para-hydroxylation sites is 1. The summed E-state index contributed by atoms with van der Waals surface area (Å²) in [6, 6.07) is 9.28. The van der Waals surface area contributed by atoms with Crippen LogP contribution < -0.4 is 15.4 Å². The fourth-order valence-electron chi connectivity index (χ4n) is 5.67. The van der Waals surface area contributed by atoms with E-state index < -0.39 is 0 Å². The highest BCUT2D eigenvalue weighted by Crippen LogP contribution is 2.60. The van der Waals surface area contributed by atoms with Gasteiger partial charge in [0.15, 0.2) is 6.61 Å². The van der Waals surface area contributed by atoms with Crippen LogP contribution >= 0.6 is 0 Å². The van der Waals surface area contributed by atoms with Crippen LogP contribution in [0.4, 0.5) is 0 Å². The first-order valence-electron chi connectivity index (χ1n) is 9.86. The highest BCUT2D eigenvalue weighted by molar-refractivity contribution is 5.83. The summed E-state index contributed by atoms with van der Waals surface area (Å²) in [7, 11) is 0. The number of hydrogen-bond donors (Lipinski definition) is 2. The maximum absolute atomic E-state index is 12.8. The molecule has 2 amide bonds. The van der Waals surface area contributed by atoms with Gasteiger partial charge in [-0.2, -0.15) is 0 Å². The van der Waals surface area contributed by atoms with Crippen molar-refractivity contribution in [2.45, 2.75) is 38.5 Å². The van der Waals surface area contributed by atoms with Gasteiger partial charge >= 0.3 is 0 Å². The molecule has 0 spiro atoms. The summed E-state index contributed by atoms with van der Waals surface area (Å²) in [5.74, 6) is 3.02. The molecule has 4 aliphatic carbocycles. The van der Waals surface area contributed by atoms with Gasteiger partial charge in [-0.3, -0.25) is 9.59 Å². The molecule has 4 fully saturated rings. The zero-order valence-corrected chi connectivity index (χ0v) is 15.2. The second kappa shape index (κ2) is 7.29. The summed E-state index contributed by atoms with van der Waals surface area (Å²) in [6.07, 6.45) is 7.23. The molecule has 4 aliphatic rings. The summed E-state index contributed by atoms with van der Waals surface area (Å²) >= 11 is 0. The van der Waals surface area contributed by atoms with Gasteiger partial charge in [-0.1, -0.05) is 18.2 Å². The molecule has 1 aromatic carbocycles. The Kier molecular flexibility index (Phi) is 4.88. The van der Waals surface area contributed by atoms with Gasteiger partial charge in [0, 0.05) is 18.5 Å². The van der Waals surface area contributed by atoms with E-state index in [9.17, 15) is 9.59 Å². The number of carbonyl (C=O) groups is 2. The molecule has 5 nitrogen and oxygen atoms in total. The number of benzene rings is 1. The Morgan fingerprint density at radius 1 is 0.923 bits per heavy atom. The summed E-state index contributed by atoms with van der Waals surface area (Å²) in [5, 5.41) is 5.88. The second-order valence-corrected chi connectivity index (χ2v) is 8.41. The molecule has 2 N–H and O–H groups in total. The second-order valence-electron chi connectivity index (χ2n) is 8.41. The Morgan fingerprint density at radius 3 is 2.12 bits per heavy atom. The van der Waals surface area contributed by atoms with Crippen LogP contribution in [0.3, 0.4) is 0 Å². The van der Waals surface area contributed by atoms with Crippen LogP contribution in [0, 0.1) is 23.2 Å². The van der Waals surface area contributed by atoms with Gasteiger partial charge in [0.05, 0.1) is 0 Å². The van der Waals surface area contributed by atoms with Crippen LogP contribution in [0.5, 0.6) is 5.75 Å². The highest BCUT2D eigenvalue weighted by atomic mass is 16.5. The van der Waals surface area contributed by atoms with Crippen LogP contribution in [0.25, 0.3) is 0 Å². The average molecular weight is 356 g/mol. The molecule has 0 heterocycles. The molecule has 0 atom stereocenters. The normalized spacial score (nSPS) is 31.5. The third kappa shape index (κ3) is 3.71. The van der Waals surface area contributed by atoms with Crippen molar-refractivity contribution in [1.29, 1.82) is 0 Å². The topological polar surface area (TPSA) is 67.4 Å². The lowest BCUT2D eigenvalue weighted by Crippen LogP contribution is -2.54. The van der Waals surface area contributed by atoms with Gasteiger partial charge in [0.1, 0.15) is 5.75 Å². The summed E-state index contributed by atoms with van der Waals surface area (Å²) in [5.41, 5.74) is -0.116. The Bertz CT molecular complexity index is 623. The summed E-state index contributed by atoms with van der Waals surface area (Å²) in [4.78, 5) is 24.6. The lowest BCUT2D eigenvalue weighted by atomic mass is 9.49. The molecule has 5 heteroatoms. The van der Waals surface area contributed by atoms with Gasteiger partial charge in [0.2, 0.25) is 5.91 Å². The van der Waals surface area contributed by atoms with Crippen LogP contribution in [-0.2, 0) is 9.59 Å². The van der Waals surface area contributed by atoms with Gasteiger partial charge in [0.25, 0.3) is 5.91 Å². The largest absolute Gasteiger partial charge is 0.484 e. The molecule has 0 aromatic heterocycles. The molecule has 4 bridgehead atoms. The number of amides is 2. The minimum absolute atomic E-state index is 0.00701. The monoisotopic (exact) mass is 356 g/mol. The molecule has 0 unspecified atom stereocenters. The predicted molar refractivity (Wildman–Crippen MR) is 98.6 cm³/mol. The summed E-state index contributed by atoms with van der Waals surface area (Å²) in [6.45, 7) is 0.916. The van der Waals surface area contributed by atoms with Crippen LogP contribution in [0.2, 0.25) is 0 Å². The van der Waals surface area contributed by atoms with E-state index in [4.69, 9.17) is 4.74 Å². The predicted octanol–water partition coefficient (Wildman–Crippen LogP) is 2.51. The number of hydrogen-bond acceptors (Lipinski definition) is 3. The number of nitrogens with one attached hydrogen (secondary N) is 2. The fraction of sp³-hybridized carbons (Fsp3) is 0.619. The average Bonchev–Trinajstić information content (AvgIpc) is 2.63. The zero-order chi connectivity index (χ0) is 18.0. The number of carbonyl (C=O) groups excluding carboxylic acids is 2. The fourth-order valence-corrected chi connectivity index (χ4v) is 5.67. The quantitative estimate of drug-likeness (QED) is 0.738. The van der Waals surface area contributed by atoms with Gasteiger partial charge in [-0.15, -0.1) is 0 Å². The molecule has 26 heavy (non-hydrogen) atoms. The van der Waals surface area contributed by atoms with E-state index in [1.165, 1.54) is 19.3 Å². The van der Waals surface area contributed by atoms with Crippen molar-refractivity contribution < 1.29 is 14.3 Å². The molecule has 140 valence electrons. The zero-order valence-electron chi connectivity index (χ0n) is 15.2. The van der Waals surface area contributed by atoms with Crippen molar-refractivity contribution in [3.8, 4) is 5.75 Å². The Hall–Kier alpha value is -2.04. The lowest BCUT2D eigenvalue weighted by Gasteiger charge is -2.55. The Labute approximate surface area is 154 Å². The van der Waals surface area contributed by atoms with E-state index in [0.29, 0.717) is 18.8 Å². The van der Waals surface area contributed by atoms with Gasteiger partial charge in [-0.05, 0) is 68.4 Å². The van der Waals surface area contributed by atoms with E-state index in [1.54, 1.807) is 0 Å². The van der Waals surface area contributed by atoms with Gasteiger partial charge in [-0.25, -0.2) is 0 Å². The maximum Gasteiger partial charge on any atom is 0.258 e. The van der Waals surface area contributed by atoms with Crippen molar-refractivity contribution in [1.82, 2.24) is 10.6 Å². The SMILES string of the molecule is O=C(COc1ccccc1)NCCNC(=O)C12CC3CC(CC(C3)C1)C2. The molecule has 0 radical (unpaired) electrons. The van der Waals surface area contributed by atoms with Crippen molar-refractivity contribution in [2.24, 2.45) is 23.2 Å². The first-order chi connectivity index (χ1) is 12.6. The van der Waals surface area contributed by atoms with Gasteiger partial charge < -0.3 is 15.4 Å². The van der Waals surface area contributed by atoms with E-state index in [-0.39, 0.29) is 23.8 Å². The first-order valence-corrected chi connectivity index (χ1v) is 9.86. The molecule has 0 saturated heterocycles. The highest BCUT2D eigenvalue weighted by Gasteiger charge is 2.54. The van der Waals surface area contributed by atoms with Crippen molar-refractivity contribution in [3.05, 3.63) is 30.3 Å².